The van der Waals surface area contributed by atoms with Gasteiger partial charge in [-0.1, -0.05) is 0 Å². The highest BCUT2D eigenvalue weighted by Gasteiger charge is 2.31. The zero-order valence-electron chi connectivity index (χ0n) is 7.88. The predicted octanol–water partition coefficient (Wildman–Crippen LogP) is 3.63. The first-order chi connectivity index (χ1) is 7.74. The molecule has 1 aromatic carbocycles. The Kier molecular flexibility index (Phi) is 4.06. The van der Waals surface area contributed by atoms with E-state index in [-0.39, 0.29) is 20.5 Å². The van der Waals surface area contributed by atoms with Crippen LogP contribution in [-0.4, -0.2) is 16.6 Å². The number of aromatic carboxylic acids is 1. The third kappa shape index (κ3) is 3.64. The predicted molar refractivity (Wildman–Crippen MR) is 57.7 cm³/mol. The van der Waals surface area contributed by atoms with Gasteiger partial charge in [0, 0.05) is 9.37 Å². The van der Waals surface area contributed by atoms with Crippen molar-refractivity contribution in [2.45, 2.75) is 10.4 Å². The number of nitriles is 1. The number of hydrogen-bond acceptors (Lipinski definition) is 3. The number of carboxylic acid groups (broad SMARTS) is 1. The SMILES string of the molecule is N#Cc1cc(C(=O)O)cc(SC(F)(F)F)c1Br. The number of nitrogens with zero attached hydrogens (tertiary/aromatic N) is 1. The summed E-state index contributed by atoms with van der Waals surface area (Å²) in [6.07, 6.45) is 0. The first-order valence-electron chi connectivity index (χ1n) is 3.97. The lowest BCUT2D eigenvalue weighted by Crippen LogP contribution is -2.03. The molecule has 1 N–H and O–H groups in total. The van der Waals surface area contributed by atoms with Crippen molar-refractivity contribution in [3.05, 3.63) is 27.7 Å². The summed E-state index contributed by atoms with van der Waals surface area (Å²) in [6.45, 7) is 0. The van der Waals surface area contributed by atoms with Crippen molar-refractivity contribution in [3.8, 4) is 6.07 Å². The average Bonchev–Trinajstić information content (AvgIpc) is 2.18. The van der Waals surface area contributed by atoms with E-state index in [0.717, 1.165) is 12.1 Å². The molecule has 0 aromatic heterocycles. The fraction of sp³-hybridized carbons (Fsp3) is 0.111. The minimum absolute atomic E-state index is 0.0627. The Morgan fingerprint density at radius 2 is 2.06 bits per heavy atom. The smallest absolute Gasteiger partial charge is 0.446 e. The molecule has 0 heterocycles. The number of halogens is 4. The molecule has 0 atom stereocenters. The van der Waals surface area contributed by atoms with E-state index in [2.05, 4.69) is 15.9 Å². The van der Waals surface area contributed by atoms with Gasteiger partial charge in [-0.25, -0.2) is 4.79 Å². The van der Waals surface area contributed by atoms with E-state index in [0.29, 0.717) is 0 Å². The Morgan fingerprint density at radius 3 is 2.47 bits per heavy atom. The summed E-state index contributed by atoms with van der Waals surface area (Å²) in [4.78, 5) is 10.3. The zero-order valence-corrected chi connectivity index (χ0v) is 10.3. The van der Waals surface area contributed by atoms with Crippen molar-refractivity contribution in [2.24, 2.45) is 0 Å². The lowest BCUT2D eigenvalue weighted by Gasteiger charge is -2.09. The van der Waals surface area contributed by atoms with Gasteiger partial charge in [0.05, 0.1) is 11.1 Å². The Morgan fingerprint density at radius 1 is 1.47 bits per heavy atom. The van der Waals surface area contributed by atoms with Crippen LogP contribution in [0.25, 0.3) is 0 Å². The van der Waals surface area contributed by atoms with Gasteiger partial charge in [-0.3, -0.25) is 0 Å². The quantitative estimate of drug-likeness (QED) is 0.843. The summed E-state index contributed by atoms with van der Waals surface area (Å²) in [6, 6.07) is 3.50. The molecule has 3 nitrogen and oxygen atoms in total. The van der Waals surface area contributed by atoms with Crippen LogP contribution in [0.5, 0.6) is 0 Å². The van der Waals surface area contributed by atoms with Gasteiger partial charge in [-0.05, 0) is 39.8 Å². The molecule has 0 amide bonds. The standard InChI is InChI=1S/C9H3BrF3NO2S/c10-7-5(3-14)1-4(8(15)16)2-6(7)17-9(11,12)13/h1-2H,(H,15,16). The molecule has 90 valence electrons. The van der Waals surface area contributed by atoms with E-state index in [1.54, 1.807) is 6.07 Å². The molecule has 8 heteroatoms. The minimum Gasteiger partial charge on any atom is -0.478 e. The van der Waals surface area contributed by atoms with Crippen LogP contribution in [0, 0.1) is 11.3 Å². The summed E-state index contributed by atoms with van der Waals surface area (Å²) in [5, 5.41) is 17.4. The van der Waals surface area contributed by atoms with Crippen molar-refractivity contribution < 1.29 is 23.1 Å². The Labute approximate surface area is 106 Å². The van der Waals surface area contributed by atoms with Crippen LogP contribution in [0.2, 0.25) is 0 Å². The fourth-order valence-electron chi connectivity index (χ4n) is 1.00. The molecule has 0 aliphatic carbocycles. The van der Waals surface area contributed by atoms with Crippen molar-refractivity contribution in [1.82, 2.24) is 0 Å². The number of alkyl halides is 3. The van der Waals surface area contributed by atoms with Crippen molar-refractivity contribution in [3.63, 3.8) is 0 Å². The summed E-state index contributed by atoms with van der Waals surface area (Å²) >= 11 is 2.37. The first-order valence-corrected chi connectivity index (χ1v) is 5.58. The van der Waals surface area contributed by atoms with Crippen LogP contribution in [0.1, 0.15) is 15.9 Å². The van der Waals surface area contributed by atoms with E-state index in [4.69, 9.17) is 10.4 Å². The molecule has 17 heavy (non-hydrogen) atoms. The molecule has 0 saturated heterocycles. The van der Waals surface area contributed by atoms with Gasteiger partial charge in [-0.2, -0.15) is 18.4 Å². The summed E-state index contributed by atoms with van der Waals surface area (Å²) in [5.74, 6) is -1.39. The first kappa shape index (κ1) is 13.9. The van der Waals surface area contributed by atoms with E-state index in [1.165, 1.54) is 0 Å². The molecule has 0 saturated carbocycles. The van der Waals surface area contributed by atoms with E-state index in [9.17, 15) is 18.0 Å². The number of carbonyl (C=O) groups is 1. The molecule has 0 aliphatic heterocycles. The number of carboxylic acids is 1. The molecule has 0 bridgehead atoms. The summed E-state index contributed by atoms with van der Waals surface area (Å²) < 4.78 is 36.5. The van der Waals surface area contributed by atoms with Gasteiger partial charge in [0.25, 0.3) is 0 Å². The molecular weight excluding hydrogens is 323 g/mol. The maximum atomic E-state index is 12.2. The van der Waals surface area contributed by atoms with E-state index >= 15 is 0 Å². The lowest BCUT2D eigenvalue weighted by molar-refractivity contribution is -0.0328. The molecule has 0 aliphatic rings. The van der Waals surface area contributed by atoms with Gasteiger partial charge in [0.2, 0.25) is 0 Å². The number of benzene rings is 1. The second kappa shape index (κ2) is 4.98. The van der Waals surface area contributed by atoms with Crippen molar-refractivity contribution >= 4 is 33.7 Å². The van der Waals surface area contributed by atoms with Gasteiger partial charge in [0.15, 0.2) is 0 Å². The Balaban J connectivity index is 3.34. The van der Waals surface area contributed by atoms with Crippen LogP contribution in [-0.2, 0) is 0 Å². The Hall–Kier alpha value is -1.20. The largest absolute Gasteiger partial charge is 0.478 e. The molecule has 0 spiro atoms. The maximum absolute atomic E-state index is 12.2. The fourth-order valence-corrected chi connectivity index (χ4v) is 2.20. The van der Waals surface area contributed by atoms with Gasteiger partial charge < -0.3 is 5.11 Å². The molecular formula is C9H3BrF3NO2S. The van der Waals surface area contributed by atoms with Gasteiger partial charge in [-0.15, -0.1) is 0 Å². The molecule has 1 rings (SSSR count). The molecule has 0 radical (unpaired) electrons. The van der Waals surface area contributed by atoms with Gasteiger partial charge >= 0.3 is 11.5 Å². The van der Waals surface area contributed by atoms with Crippen molar-refractivity contribution in [1.29, 1.82) is 5.26 Å². The van der Waals surface area contributed by atoms with E-state index in [1.807, 2.05) is 0 Å². The number of thioether (sulfide) groups is 1. The van der Waals surface area contributed by atoms with E-state index < -0.39 is 23.2 Å². The minimum atomic E-state index is -4.55. The molecule has 0 unspecified atom stereocenters. The van der Waals surface area contributed by atoms with Crippen LogP contribution in [0.15, 0.2) is 21.5 Å². The van der Waals surface area contributed by atoms with Crippen LogP contribution in [0.4, 0.5) is 13.2 Å². The number of hydrogen-bond donors (Lipinski definition) is 1. The van der Waals surface area contributed by atoms with Gasteiger partial charge in [0.1, 0.15) is 6.07 Å². The highest BCUT2D eigenvalue weighted by Crippen LogP contribution is 2.41. The summed E-state index contributed by atoms with van der Waals surface area (Å²) in [5.41, 5.74) is -5.07. The van der Waals surface area contributed by atoms with Crippen LogP contribution in [0.3, 0.4) is 0 Å². The monoisotopic (exact) mass is 325 g/mol. The second-order valence-corrected chi connectivity index (χ2v) is 4.70. The third-order valence-electron chi connectivity index (χ3n) is 1.63. The highest BCUT2D eigenvalue weighted by atomic mass is 79.9. The average molecular weight is 326 g/mol. The zero-order chi connectivity index (χ0) is 13.2. The van der Waals surface area contributed by atoms with Crippen LogP contribution < -0.4 is 0 Å². The third-order valence-corrected chi connectivity index (χ3v) is 3.52. The number of rotatable bonds is 2. The Bertz CT molecular complexity index is 510. The molecule has 1 aromatic rings. The maximum Gasteiger partial charge on any atom is 0.446 e. The van der Waals surface area contributed by atoms with Crippen molar-refractivity contribution in [2.75, 3.05) is 0 Å². The topological polar surface area (TPSA) is 61.1 Å². The molecule has 0 fully saturated rings. The highest BCUT2D eigenvalue weighted by molar-refractivity contribution is 9.10. The second-order valence-electron chi connectivity index (χ2n) is 2.80. The summed E-state index contributed by atoms with van der Waals surface area (Å²) in [7, 11) is 0. The lowest BCUT2D eigenvalue weighted by atomic mass is 10.1. The normalized spacial score (nSPS) is 11.0. The van der Waals surface area contributed by atoms with Crippen LogP contribution >= 0.6 is 27.7 Å².